The molecular formula is C22H28N4O. The number of carbonyl (C=O) groups is 1. The van der Waals surface area contributed by atoms with Gasteiger partial charge in [-0.1, -0.05) is 60.7 Å². The maximum atomic E-state index is 13.8. The topological polar surface area (TPSA) is 70.7 Å². The van der Waals surface area contributed by atoms with Crippen LogP contribution in [0.1, 0.15) is 24.0 Å². The molecule has 1 heterocycles. The second kappa shape index (κ2) is 8.82. The molecule has 142 valence electrons. The minimum atomic E-state index is -1.17. The van der Waals surface area contributed by atoms with E-state index in [1.807, 2.05) is 72.6 Å². The lowest BCUT2D eigenvalue weighted by Gasteiger charge is -2.35. The second-order valence-electron chi connectivity index (χ2n) is 7.12. The summed E-state index contributed by atoms with van der Waals surface area (Å²) in [6.07, 6.45) is 3.53. The predicted octanol–water partition coefficient (Wildman–Crippen LogP) is 2.38. The van der Waals surface area contributed by atoms with Crippen molar-refractivity contribution in [2.45, 2.75) is 18.4 Å². The molecular weight excluding hydrogens is 336 g/mol. The average Bonchev–Trinajstić information content (AvgIpc) is 2.73. The Balaban J connectivity index is 2.01. The number of hydrogen-bond acceptors (Lipinski definition) is 3. The largest absolute Gasteiger partial charge is 0.390 e. The Labute approximate surface area is 161 Å². The van der Waals surface area contributed by atoms with Gasteiger partial charge in [-0.05, 0) is 43.0 Å². The summed E-state index contributed by atoms with van der Waals surface area (Å²) in [4.78, 5) is 20.1. The van der Waals surface area contributed by atoms with Crippen LogP contribution in [0.5, 0.6) is 0 Å². The van der Waals surface area contributed by atoms with Gasteiger partial charge in [0, 0.05) is 13.6 Å². The fourth-order valence-electron chi connectivity index (χ4n) is 3.91. The van der Waals surface area contributed by atoms with E-state index in [9.17, 15) is 4.79 Å². The van der Waals surface area contributed by atoms with E-state index in [1.54, 1.807) is 0 Å². The first-order valence-electron chi connectivity index (χ1n) is 9.51. The first-order chi connectivity index (χ1) is 13.2. The Morgan fingerprint density at radius 2 is 1.78 bits per heavy atom. The highest BCUT2D eigenvalue weighted by Gasteiger charge is 2.43. The van der Waals surface area contributed by atoms with Crippen LogP contribution in [0.15, 0.2) is 65.7 Å². The number of amides is 1. The number of carbonyl (C=O) groups excluding carboxylic acids is 1. The molecule has 0 bridgehead atoms. The lowest BCUT2D eigenvalue weighted by Crippen LogP contribution is -2.48. The van der Waals surface area contributed by atoms with E-state index in [1.165, 1.54) is 6.34 Å². The van der Waals surface area contributed by atoms with Crippen LogP contribution < -0.4 is 11.1 Å². The van der Waals surface area contributed by atoms with E-state index in [0.29, 0.717) is 12.5 Å². The predicted molar refractivity (Wildman–Crippen MR) is 110 cm³/mol. The summed E-state index contributed by atoms with van der Waals surface area (Å²) < 4.78 is 0. The van der Waals surface area contributed by atoms with Gasteiger partial charge in [0.2, 0.25) is 0 Å². The third-order valence-electron chi connectivity index (χ3n) is 5.24. The molecule has 3 N–H and O–H groups in total. The number of rotatable bonds is 6. The van der Waals surface area contributed by atoms with Crippen molar-refractivity contribution in [1.82, 2.24) is 10.2 Å². The molecule has 0 aromatic heterocycles. The molecule has 0 spiro atoms. The summed E-state index contributed by atoms with van der Waals surface area (Å²) >= 11 is 0. The van der Waals surface area contributed by atoms with E-state index in [0.717, 1.165) is 37.1 Å². The molecule has 0 saturated carbocycles. The van der Waals surface area contributed by atoms with Crippen LogP contribution >= 0.6 is 0 Å². The molecule has 1 atom stereocenters. The number of nitrogens with two attached hydrogens (primary N) is 1. The third-order valence-corrected chi connectivity index (χ3v) is 5.24. The number of benzene rings is 2. The Morgan fingerprint density at radius 1 is 1.19 bits per heavy atom. The lowest BCUT2D eigenvalue weighted by molar-refractivity contribution is -0.135. The minimum Gasteiger partial charge on any atom is -0.390 e. The van der Waals surface area contributed by atoms with Gasteiger partial charge < -0.3 is 16.0 Å². The van der Waals surface area contributed by atoms with Crippen LogP contribution in [0.4, 0.5) is 0 Å². The van der Waals surface area contributed by atoms with Gasteiger partial charge in [0.15, 0.2) is 5.54 Å². The fraction of sp³-hybridized carbons (Fsp3) is 0.364. The highest BCUT2D eigenvalue weighted by atomic mass is 16.2. The zero-order valence-electron chi connectivity index (χ0n) is 15.8. The zero-order valence-corrected chi connectivity index (χ0v) is 15.8. The van der Waals surface area contributed by atoms with E-state index in [4.69, 9.17) is 5.73 Å². The molecule has 1 aliphatic heterocycles. The maximum Gasteiger partial charge on any atom is 0.259 e. The minimum absolute atomic E-state index is 0.0628. The number of piperidine rings is 1. The highest BCUT2D eigenvalue weighted by Crippen LogP contribution is 2.36. The van der Waals surface area contributed by atoms with Gasteiger partial charge in [0.1, 0.15) is 0 Å². The van der Waals surface area contributed by atoms with Crippen molar-refractivity contribution in [3.8, 4) is 0 Å². The highest BCUT2D eigenvalue weighted by molar-refractivity contribution is 5.93. The quantitative estimate of drug-likeness (QED) is 0.611. The molecule has 2 aromatic carbocycles. The summed E-state index contributed by atoms with van der Waals surface area (Å²) in [7, 11) is 1.86. The van der Waals surface area contributed by atoms with Gasteiger partial charge in [-0.25, -0.2) is 4.99 Å². The number of aliphatic imine (C=N–C) groups is 1. The molecule has 5 nitrogen and oxygen atoms in total. The van der Waals surface area contributed by atoms with Crippen molar-refractivity contribution >= 4 is 12.2 Å². The Morgan fingerprint density at radius 3 is 2.26 bits per heavy atom. The maximum absolute atomic E-state index is 13.8. The zero-order chi connectivity index (χ0) is 19.1. The molecule has 5 heteroatoms. The Kier molecular flexibility index (Phi) is 6.24. The van der Waals surface area contributed by atoms with Crippen LogP contribution in [-0.4, -0.2) is 43.8 Å². The van der Waals surface area contributed by atoms with Crippen LogP contribution in [-0.2, 0) is 10.3 Å². The van der Waals surface area contributed by atoms with Crippen LogP contribution in [0.25, 0.3) is 0 Å². The van der Waals surface area contributed by atoms with Crippen molar-refractivity contribution in [1.29, 1.82) is 0 Å². The number of nitrogens with zero attached hydrogens (tertiary/aromatic N) is 2. The van der Waals surface area contributed by atoms with Crippen molar-refractivity contribution < 1.29 is 4.79 Å². The van der Waals surface area contributed by atoms with E-state index >= 15 is 0 Å². The summed E-state index contributed by atoms with van der Waals surface area (Å²) in [5.41, 5.74) is 6.20. The number of likely N-dealkylation sites (N-methyl/N-ethyl adjacent to an activating group) is 1. The van der Waals surface area contributed by atoms with Crippen molar-refractivity contribution in [2.75, 3.05) is 26.7 Å². The van der Waals surface area contributed by atoms with E-state index in [2.05, 4.69) is 10.3 Å². The second-order valence-corrected chi connectivity index (χ2v) is 7.12. The van der Waals surface area contributed by atoms with Gasteiger partial charge >= 0.3 is 0 Å². The molecule has 1 aliphatic rings. The van der Waals surface area contributed by atoms with Crippen molar-refractivity contribution in [3.05, 3.63) is 71.8 Å². The normalized spacial score (nSPS) is 17.7. The van der Waals surface area contributed by atoms with Crippen LogP contribution in [0, 0.1) is 5.92 Å². The summed E-state index contributed by atoms with van der Waals surface area (Å²) in [5.74, 6) is 0.394. The molecule has 1 amide bonds. The molecule has 3 rings (SSSR count). The number of hydrogen-bond donors (Lipinski definition) is 2. The number of nitrogens with one attached hydrogen (secondary N) is 1. The summed E-state index contributed by atoms with van der Waals surface area (Å²) in [6, 6.07) is 19.3. The summed E-state index contributed by atoms with van der Waals surface area (Å²) in [6.45, 7) is 2.71. The monoisotopic (exact) mass is 364 g/mol. The molecule has 1 saturated heterocycles. The van der Waals surface area contributed by atoms with E-state index in [-0.39, 0.29) is 5.91 Å². The molecule has 1 fully saturated rings. The Bertz CT molecular complexity index is 715. The summed E-state index contributed by atoms with van der Waals surface area (Å²) in [5, 5.41) is 3.42. The fourth-order valence-corrected chi connectivity index (χ4v) is 3.91. The van der Waals surface area contributed by atoms with Crippen LogP contribution in [0.3, 0.4) is 0 Å². The van der Waals surface area contributed by atoms with Gasteiger partial charge in [0.25, 0.3) is 5.91 Å². The van der Waals surface area contributed by atoms with Crippen LogP contribution in [0.2, 0.25) is 0 Å². The van der Waals surface area contributed by atoms with E-state index < -0.39 is 5.54 Å². The first kappa shape index (κ1) is 19.1. The SMILES string of the molecule is CN(CC1CCCNC1)C(=O)C(N=CN)(c1ccccc1)c1ccccc1. The first-order valence-corrected chi connectivity index (χ1v) is 9.51. The molecule has 1 unspecified atom stereocenters. The van der Waals surface area contributed by atoms with Crippen molar-refractivity contribution in [2.24, 2.45) is 16.6 Å². The average molecular weight is 364 g/mol. The van der Waals surface area contributed by atoms with Gasteiger partial charge in [-0.15, -0.1) is 0 Å². The Hall–Kier alpha value is -2.66. The lowest BCUT2D eigenvalue weighted by atomic mass is 9.81. The van der Waals surface area contributed by atoms with Crippen molar-refractivity contribution in [3.63, 3.8) is 0 Å². The van der Waals surface area contributed by atoms with Gasteiger partial charge in [0.05, 0.1) is 6.34 Å². The van der Waals surface area contributed by atoms with Gasteiger partial charge in [-0.2, -0.15) is 0 Å². The molecule has 27 heavy (non-hydrogen) atoms. The molecule has 0 radical (unpaired) electrons. The third kappa shape index (κ3) is 4.03. The molecule has 2 aromatic rings. The molecule has 0 aliphatic carbocycles. The van der Waals surface area contributed by atoms with Gasteiger partial charge in [-0.3, -0.25) is 4.79 Å². The standard InChI is InChI=1S/C22H28N4O/c1-26(16-18-9-8-14-24-15-18)21(27)22(25-17-23,19-10-4-2-5-11-19)20-12-6-3-7-13-20/h2-7,10-13,17-18,24H,8-9,14-16H2,1H3,(H2,23,25). The smallest absolute Gasteiger partial charge is 0.259 e.